The van der Waals surface area contributed by atoms with Crippen molar-refractivity contribution in [3.63, 3.8) is 0 Å². The molecule has 3 N–H and O–H groups in total. The van der Waals surface area contributed by atoms with E-state index in [9.17, 15) is 27.6 Å². The zero-order valence-corrected chi connectivity index (χ0v) is 20.6. The number of ether oxygens (including phenoxy) is 1. The molecule has 3 aliphatic heterocycles. The lowest BCUT2D eigenvalue weighted by Crippen LogP contribution is -2.56. The maximum Gasteiger partial charge on any atom is 0.345 e. The average Bonchev–Trinajstić information content (AvgIpc) is 3.43. The van der Waals surface area contributed by atoms with Gasteiger partial charge in [0, 0.05) is 25.7 Å². The van der Waals surface area contributed by atoms with E-state index in [1.54, 1.807) is 4.90 Å². The van der Waals surface area contributed by atoms with E-state index < -0.39 is 35.8 Å². The van der Waals surface area contributed by atoms with Gasteiger partial charge in [-0.2, -0.15) is 8.78 Å². The van der Waals surface area contributed by atoms with Crippen LogP contribution in [0.1, 0.15) is 32.1 Å². The number of carbonyl (C=O) groups is 3. The molecule has 1 spiro atoms. The lowest BCUT2D eigenvalue weighted by molar-refractivity contribution is -0.197. The first-order valence-corrected chi connectivity index (χ1v) is 12.6. The number of carbonyl (C=O) groups excluding carboxylic acids is 3. The first kappa shape index (κ1) is 25.7. The molecule has 1 saturated carbocycles. The van der Waals surface area contributed by atoms with Crippen molar-refractivity contribution in [3.05, 3.63) is 40.4 Å². The van der Waals surface area contributed by atoms with Crippen LogP contribution in [0.2, 0.25) is 5.02 Å². The van der Waals surface area contributed by atoms with E-state index >= 15 is 0 Å². The molecule has 1 aromatic rings. The van der Waals surface area contributed by atoms with E-state index in [0.717, 1.165) is 0 Å². The maximum atomic E-state index is 13.4. The van der Waals surface area contributed by atoms with Gasteiger partial charge in [0.05, 0.1) is 28.9 Å². The molecule has 5 rings (SSSR count). The van der Waals surface area contributed by atoms with E-state index in [1.165, 1.54) is 23.1 Å². The van der Waals surface area contributed by atoms with Crippen LogP contribution in [0.4, 0.5) is 18.9 Å². The van der Waals surface area contributed by atoms with Crippen molar-refractivity contribution >= 4 is 35.0 Å². The Kier molecular flexibility index (Phi) is 6.97. The highest BCUT2D eigenvalue weighted by atomic mass is 35.5. The summed E-state index contributed by atoms with van der Waals surface area (Å²) in [6.45, 7) is -2.15. The number of hydrogen-bond acceptors (Lipinski definition) is 6. The molecule has 0 aromatic heterocycles. The number of amides is 3. The van der Waals surface area contributed by atoms with Crippen LogP contribution in [-0.4, -0.2) is 67.7 Å². The predicted molar refractivity (Wildman–Crippen MR) is 127 cm³/mol. The van der Waals surface area contributed by atoms with Crippen molar-refractivity contribution < 1.29 is 32.3 Å². The molecule has 0 bridgehead atoms. The zero-order valence-electron chi connectivity index (χ0n) is 19.9. The summed E-state index contributed by atoms with van der Waals surface area (Å²) in [5.41, 5.74) is 0.162. The summed E-state index contributed by atoms with van der Waals surface area (Å²) < 4.78 is 42.5. The lowest BCUT2D eigenvalue weighted by Gasteiger charge is -2.38. The van der Waals surface area contributed by atoms with Crippen LogP contribution < -0.4 is 20.9 Å². The standard InChI is InChI=1S/C24H27ClF3N5O4/c25-16-9-13(26)1-2-17(16)33-8-7-24(22(33)36)5-3-14(4-6-24)31-20(34)18-19(30-12-29-18)21(35)32-10-15(11-32)37-23(27)28/h1-2,9,14-15,23,29-30H,3-8,10-12H2,(H,31,34). The highest BCUT2D eigenvalue weighted by Gasteiger charge is 2.49. The molecular weight excluding hydrogens is 515 g/mol. The topological polar surface area (TPSA) is 103 Å². The molecule has 13 heteroatoms. The number of rotatable bonds is 6. The number of hydrogen-bond donors (Lipinski definition) is 3. The summed E-state index contributed by atoms with van der Waals surface area (Å²) in [5.74, 6) is -1.39. The molecule has 2 saturated heterocycles. The van der Waals surface area contributed by atoms with Crippen molar-refractivity contribution in [2.75, 3.05) is 31.2 Å². The lowest BCUT2D eigenvalue weighted by atomic mass is 9.71. The summed E-state index contributed by atoms with van der Waals surface area (Å²) in [4.78, 5) is 42.0. The molecule has 0 unspecified atom stereocenters. The number of halogens is 4. The van der Waals surface area contributed by atoms with E-state index in [-0.39, 0.29) is 48.1 Å². The second-order valence-corrected chi connectivity index (χ2v) is 10.2. The molecule has 37 heavy (non-hydrogen) atoms. The van der Waals surface area contributed by atoms with Crippen LogP contribution in [0.25, 0.3) is 0 Å². The second kappa shape index (κ2) is 10.1. The first-order valence-electron chi connectivity index (χ1n) is 12.2. The highest BCUT2D eigenvalue weighted by molar-refractivity contribution is 6.34. The summed E-state index contributed by atoms with van der Waals surface area (Å²) in [5, 5.41) is 8.86. The van der Waals surface area contributed by atoms with Gasteiger partial charge in [-0.15, -0.1) is 0 Å². The fourth-order valence-corrected chi connectivity index (χ4v) is 5.82. The number of likely N-dealkylation sites (tertiary alicyclic amines) is 1. The van der Waals surface area contributed by atoms with E-state index in [0.29, 0.717) is 44.3 Å². The fraction of sp³-hybridized carbons (Fsp3) is 0.542. The van der Waals surface area contributed by atoms with Crippen molar-refractivity contribution in [3.8, 4) is 0 Å². The van der Waals surface area contributed by atoms with Crippen LogP contribution in [0.5, 0.6) is 0 Å². The van der Waals surface area contributed by atoms with E-state index in [4.69, 9.17) is 11.6 Å². The van der Waals surface area contributed by atoms with Crippen LogP contribution in [0.3, 0.4) is 0 Å². The smallest absolute Gasteiger partial charge is 0.345 e. The SMILES string of the molecule is O=C(NC1CCC2(CC1)CCN(c1ccc(F)cc1Cl)C2=O)C1=C(C(=O)N2CC(OC(F)F)C2)NCN1. The number of anilines is 1. The Morgan fingerprint density at radius 3 is 2.51 bits per heavy atom. The minimum absolute atomic E-state index is 0.0299. The Morgan fingerprint density at radius 2 is 1.84 bits per heavy atom. The summed E-state index contributed by atoms with van der Waals surface area (Å²) in [6, 6.07) is 3.82. The van der Waals surface area contributed by atoms with Gasteiger partial charge in [-0.3, -0.25) is 14.4 Å². The Morgan fingerprint density at radius 1 is 1.14 bits per heavy atom. The van der Waals surface area contributed by atoms with E-state index in [1.807, 2.05) is 0 Å². The third kappa shape index (κ3) is 4.96. The van der Waals surface area contributed by atoms with Crippen molar-refractivity contribution in [2.24, 2.45) is 5.41 Å². The molecule has 9 nitrogen and oxygen atoms in total. The molecule has 3 fully saturated rings. The maximum absolute atomic E-state index is 13.4. The summed E-state index contributed by atoms with van der Waals surface area (Å²) in [7, 11) is 0. The van der Waals surface area contributed by atoms with Gasteiger partial charge in [0.1, 0.15) is 17.2 Å². The molecule has 3 heterocycles. The van der Waals surface area contributed by atoms with Crippen molar-refractivity contribution in [2.45, 2.75) is 50.9 Å². The van der Waals surface area contributed by atoms with Gasteiger partial charge in [-0.25, -0.2) is 4.39 Å². The molecule has 3 amide bonds. The van der Waals surface area contributed by atoms with Gasteiger partial charge in [-0.1, -0.05) is 11.6 Å². The third-order valence-corrected chi connectivity index (χ3v) is 7.95. The minimum atomic E-state index is -2.90. The van der Waals surface area contributed by atoms with Crippen molar-refractivity contribution in [1.82, 2.24) is 20.9 Å². The average molecular weight is 542 g/mol. The largest absolute Gasteiger partial charge is 0.362 e. The molecule has 200 valence electrons. The Hall–Kier alpha value is -2.99. The molecule has 0 radical (unpaired) electrons. The minimum Gasteiger partial charge on any atom is -0.362 e. The van der Waals surface area contributed by atoms with Gasteiger partial charge < -0.3 is 30.5 Å². The van der Waals surface area contributed by atoms with Crippen LogP contribution in [-0.2, 0) is 19.1 Å². The highest BCUT2D eigenvalue weighted by Crippen LogP contribution is 2.47. The van der Waals surface area contributed by atoms with Crippen LogP contribution in [0.15, 0.2) is 29.6 Å². The second-order valence-electron chi connectivity index (χ2n) is 9.84. The van der Waals surface area contributed by atoms with Gasteiger partial charge in [-0.05, 0) is 50.3 Å². The molecule has 1 aromatic carbocycles. The Bertz CT molecular complexity index is 1140. The predicted octanol–water partition coefficient (Wildman–Crippen LogP) is 2.07. The van der Waals surface area contributed by atoms with Crippen LogP contribution in [0, 0.1) is 11.2 Å². The molecule has 4 aliphatic rings. The molecule has 0 atom stereocenters. The fourth-order valence-electron chi connectivity index (χ4n) is 5.55. The number of nitrogens with one attached hydrogen (secondary N) is 3. The number of benzene rings is 1. The van der Waals surface area contributed by atoms with Gasteiger partial charge in [0.15, 0.2) is 0 Å². The van der Waals surface area contributed by atoms with Gasteiger partial charge in [0.2, 0.25) is 5.91 Å². The summed E-state index contributed by atoms with van der Waals surface area (Å²) >= 11 is 6.18. The van der Waals surface area contributed by atoms with Crippen LogP contribution >= 0.6 is 11.6 Å². The Balaban J connectivity index is 1.17. The normalized spacial score (nSPS) is 26.0. The third-order valence-electron chi connectivity index (χ3n) is 7.64. The number of nitrogens with zero attached hydrogens (tertiary/aromatic N) is 2. The van der Waals surface area contributed by atoms with Gasteiger partial charge >= 0.3 is 6.61 Å². The zero-order chi connectivity index (χ0) is 26.3. The number of alkyl halides is 2. The monoisotopic (exact) mass is 541 g/mol. The summed E-state index contributed by atoms with van der Waals surface area (Å²) in [6.07, 6.45) is 2.28. The van der Waals surface area contributed by atoms with Gasteiger partial charge in [0.25, 0.3) is 11.8 Å². The quantitative estimate of drug-likeness (QED) is 0.510. The Labute approximate surface area is 216 Å². The first-order chi connectivity index (χ1) is 17.7. The molecule has 1 aliphatic carbocycles. The molecular formula is C24H27ClF3N5O4. The van der Waals surface area contributed by atoms with E-state index in [2.05, 4.69) is 20.7 Å². The van der Waals surface area contributed by atoms with Crippen molar-refractivity contribution in [1.29, 1.82) is 0 Å².